The number of anilines is 3. The summed E-state index contributed by atoms with van der Waals surface area (Å²) in [6.45, 7) is 4.20. The van der Waals surface area contributed by atoms with Crippen LogP contribution in [0.1, 0.15) is 31.5 Å². The largest absolute Gasteiger partial charge is 0.432 e. The minimum absolute atomic E-state index is 0.119. The topological polar surface area (TPSA) is 67.3 Å². The van der Waals surface area contributed by atoms with Gasteiger partial charge in [0.1, 0.15) is 6.26 Å². The molecule has 2 aromatic rings. The molecule has 20 heavy (non-hydrogen) atoms. The summed E-state index contributed by atoms with van der Waals surface area (Å²) in [5, 5.41) is 3.15. The molecule has 3 N–H and O–H groups in total. The lowest BCUT2D eigenvalue weighted by atomic mass is 10.2. The molecule has 1 aromatic heterocycles. The Balaban J connectivity index is 1.67. The zero-order chi connectivity index (χ0) is 13.9. The second-order valence-corrected chi connectivity index (χ2v) is 5.23. The van der Waals surface area contributed by atoms with Crippen LogP contribution >= 0.6 is 0 Å². The van der Waals surface area contributed by atoms with Crippen molar-refractivity contribution >= 4 is 17.4 Å². The van der Waals surface area contributed by atoms with E-state index in [-0.39, 0.29) is 6.04 Å². The van der Waals surface area contributed by atoms with E-state index in [4.69, 9.17) is 10.2 Å². The van der Waals surface area contributed by atoms with E-state index in [1.165, 1.54) is 18.5 Å². The van der Waals surface area contributed by atoms with Crippen LogP contribution in [-0.2, 0) is 0 Å². The van der Waals surface area contributed by atoms with Gasteiger partial charge < -0.3 is 20.4 Å². The number of nitrogens with one attached hydrogen (secondary N) is 1. The van der Waals surface area contributed by atoms with E-state index in [0.29, 0.717) is 6.01 Å². The Morgan fingerprint density at radius 2 is 1.95 bits per heavy atom. The third-order valence-corrected chi connectivity index (χ3v) is 3.58. The Morgan fingerprint density at radius 1 is 1.25 bits per heavy atom. The molecule has 3 rings (SSSR count). The third-order valence-electron chi connectivity index (χ3n) is 3.58. The molecule has 106 valence electrons. The van der Waals surface area contributed by atoms with Gasteiger partial charge in [-0.05, 0) is 44.0 Å². The highest BCUT2D eigenvalue weighted by molar-refractivity contribution is 5.59. The molecule has 1 aromatic carbocycles. The molecule has 1 unspecified atom stereocenters. The smallest absolute Gasteiger partial charge is 0.299 e. The van der Waals surface area contributed by atoms with E-state index in [9.17, 15) is 0 Å². The molecule has 0 amide bonds. The average Bonchev–Trinajstić information content (AvgIpc) is 3.10. The summed E-state index contributed by atoms with van der Waals surface area (Å²) in [6.07, 6.45) is 4.17. The summed E-state index contributed by atoms with van der Waals surface area (Å²) in [5.41, 5.74) is 8.74. The fourth-order valence-corrected chi connectivity index (χ4v) is 2.41. The first-order chi connectivity index (χ1) is 9.72. The van der Waals surface area contributed by atoms with Crippen LogP contribution in [0.25, 0.3) is 0 Å². The van der Waals surface area contributed by atoms with Crippen LogP contribution in [0, 0.1) is 0 Å². The Hall–Kier alpha value is -2.01. The predicted molar refractivity (Wildman–Crippen MR) is 80.3 cm³/mol. The van der Waals surface area contributed by atoms with Crippen molar-refractivity contribution in [2.75, 3.05) is 23.3 Å². The molecule has 0 aliphatic carbocycles. The number of nitrogens with two attached hydrogens (primary N) is 1. The highest BCUT2D eigenvalue weighted by Gasteiger charge is 2.12. The van der Waals surface area contributed by atoms with Crippen LogP contribution < -0.4 is 16.0 Å². The zero-order valence-corrected chi connectivity index (χ0v) is 11.7. The Kier molecular flexibility index (Phi) is 3.60. The number of oxazole rings is 1. The number of aromatic nitrogens is 1. The molecule has 0 radical (unpaired) electrons. The minimum Gasteiger partial charge on any atom is -0.432 e. The van der Waals surface area contributed by atoms with Crippen molar-refractivity contribution in [3.05, 3.63) is 36.2 Å². The van der Waals surface area contributed by atoms with Crippen LogP contribution in [0.4, 0.5) is 17.4 Å². The molecule has 0 bridgehead atoms. The maximum absolute atomic E-state index is 5.75. The van der Waals surface area contributed by atoms with Crippen LogP contribution in [-0.4, -0.2) is 18.1 Å². The maximum atomic E-state index is 5.75. The third kappa shape index (κ3) is 2.77. The summed E-state index contributed by atoms with van der Waals surface area (Å²) in [7, 11) is 0. The molecular formula is C15H20N4O. The fourth-order valence-electron chi connectivity index (χ4n) is 2.41. The number of rotatable bonds is 4. The Bertz CT molecular complexity index is 556. The lowest BCUT2D eigenvalue weighted by Gasteiger charge is -2.17. The van der Waals surface area contributed by atoms with Crippen molar-refractivity contribution in [1.29, 1.82) is 0 Å². The molecule has 0 saturated carbocycles. The van der Waals surface area contributed by atoms with Gasteiger partial charge >= 0.3 is 0 Å². The highest BCUT2D eigenvalue weighted by Crippen LogP contribution is 2.24. The summed E-state index contributed by atoms with van der Waals surface area (Å²) in [4.78, 5) is 6.70. The van der Waals surface area contributed by atoms with Crippen LogP contribution in [0.15, 0.2) is 34.9 Å². The van der Waals surface area contributed by atoms with E-state index < -0.39 is 0 Å². The van der Waals surface area contributed by atoms with E-state index in [2.05, 4.69) is 27.3 Å². The molecular weight excluding hydrogens is 252 g/mol. The predicted octanol–water partition coefficient (Wildman–Crippen LogP) is 3.04. The quantitative estimate of drug-likeness (QED) is 0.895. The van der Waals surface area contributed by atoms with Crippen LogP contribution in [0.5, 0.6) is 0 Å². The molecule has 1 atom stereocenters. The van der Waals surface area contributed by atoms with Gasteiger partial charge in [0.25, 0.3) is 6.01 Å². The maximum Gasteiger partial charge on any atom is 0.299 e. The van der Waals surface area contributed by atoms with Crippen molar-refractivity contribution in [3.63, 3.8) is 0 Å². The first-order valence-electron chi connectivity index (χ1n) is 7.05. The molecule has 5 heteroatoms. The minimum atomic E-state index is -0.119. The second kappa shape index (κ2) is 5.54. The molecule has 0 spiro atoms. The SMILES string of the molecule is CC(N)c1coc(Nc2ccc(N3CCCC3)cc2)n1. The van der Waals surface area contributed by atoms with Crippen molar-refractivity contribution in [1.82, 2.24) is 4.98 Å². The van der Waals surface area contributed by atoms with Gasteiger partial charge in [-0.25, -0.2) is 0 Å². The van der Waals surface area contributed by atoms with Gasteiger partial charge in [-0.15, -0.1) is 0 Å². The Morgan fingerprint density at radius 3 is 2.55 bits per heavy atom. The first kappa shape index (κ1) is 13.0. The van der Waals surface area contributed by atoms with Gasteiger partial charge in [0.2, 0.25) is 0 Å². The molecule has 1 aliphatic heterocycles. The van der Waals surface area contributed by atoms with Gasteiger partial charge in [0.15, 0.2) is 0 Å². The van der Waals surface area contributed by atoms with E-state index in [1.807, 2.05) is 19.1 Å². The molecule has 5 nitrogen and oxygen atoms in total. The lowest BCUT2D eigenvalue weighted by Crippen LogP contribution is -2.17. The monoisotopic (exact) mass is 272 g/mol. The number of hydrogen-bond acceptors (Lipinski definition) is 5. The van der Waals surface area contributed by atoms with Gasteiger partial charge in [-0.3, -0.25) is 0 Å². The second-order valence-electron chi connectivity index (χ2n) is 5.23. The molecule has 1 saturated heterocycles. The summed E-state index contributed by atoms with van der Waals surface area (Å²) < 4.78 is 5.35. The summed E-state index contributed by atoms with van der Waals surface area (Å²) >= 11 is 0. The van der Waals surface area contributed by atoms with Crippen molar-refractivity contribution in [3.8, 4) is 0 Å². The van der Waals surface area contributed by atoms with Gasteiger partial charge in [-0.2, -0.15) is 4.98 Å². The molecule has 2 heterocycles. The van der Waals surface area contributed by atoms with E-state index in [0.717, 1.165) is 24.5 Å². The van der Waals surface area contributed by atoms with Gasteiger partial charge in [-0.1, -0.05) is 0 Å². The van der Waals surface area contributed by atoms with Crippen molar-refractivity contribution in [2.24, 2.45) is 5.73 Å². The highest BCUT2D eigenvalue weighted by atomic mass is 16.4. The lowest BCUT2D eigenvalue weighted by molar-refractivity contribution is 0.573. The summed E-state index contributed by atoms with van der Waals surface area (Å²) in [5.74, 6) is 0. The Labute approximate surface area is 118 Å². The van der Waals surface area contributed by atoms with Crippen LogP contribution in [0.2, 0.25) is 0 Å². The van der Waals surface area contributed by atoms with E-state index in [1.54, 1.807) is 6.26 Å². The fraction of sp³-hybridized carbons (Fsp3) is 0.400. The van der Waals surface area contributed by atoms with Crippen LogP contribution in [0.3, 0.4) is 0 Å². The zero-order valence-electron chi connectivity index (χ0n) is 11.7. The summed E-state index contributed by atoms with van der Waals surface area (Å²) in [6, 6.07) is 8.71. The average molecular weight is 272 g/mol. The molecule has 1 fully saturated rings. The number of nitrogens with zero attached hydrogens (tertiary/aromatic N) is 2. The van der Waals surface area contributed by atoms with Crippen molar-refractivity contribution < 1.29 is 4.42 Å². The molecule has 1 aliphatic rings. The normalized spacial score (nSPS) is 16.4. The van der Waals surface area contributed by atoms with Gasteiger partial charge in [0.05, 0.1) is 5.69 Å². The van der Waals surface area contributed by atoms with Gasteiger partial charge in [0, 0.05) is 30.5 Å². The van der Waals surface area contributed by atoms with Crippen molar-refractivity contribution in [2.45, 2.75) is 25.8 Å². The first-order valence-corrected chi connectivity index (χ1v) is 7.05. The number of hydrogen-bond donors (Lipinski definition) is 2. The number of benzene rings is 1. The van der Waals surface area contributed by atoms with E-state index >= 15 is 0 Å². The standard InChI is InChI=1S/C15H20N4O/c1-11(16)14-10-20-15(18-14)17-12-4-6-13(7-5-12)19-8-2-3-9-19/h4-7,10-11H,2-3,8-9,16H2,1H3,(H,17,18).